The van der Waals surface area contributed by atoms with Crippen molar-refractivity contribution in [3.05, 3.63) is 40.0 Å². The van der Waals surface area contributed by atoms with Crippen LogP contribution in [0, 0.1) is 11.8 Å². The predicted octanol–water partition coefficient (Wildman–Crippen LogP) is 4.06. The van der Waals surface area contributed by atoms with Crippen molar-refractivity contribution in [1.82, 2.24) is 9.97 Å². The van der Waals surface area contributed by atoms with Gasteiger partial charge < -0.3 is 10.4 Å². The van der Waals surface area contributed by atoms with Crippen molar-refractivity contribution in [2.24, 2.45) is 11.8 Å². The van der Waals surface area contributed by atoms with Crippen LogP contribution in [0.1, 0.15) is 66.9 Å². The van der Waals surface area contributed by atoms with Gasteiger partial charge in [-0.05, 0) is 48.6 Å². The monoisotopic (exact) mass is 359 g/mol. The van der Waals surface area contributed by atoms with Gasteiger partial charge >= 0.3 is 0 Å². The number of rotatable bonds is 6. The van der Waals surface area contributed by atoms with E-state index in [9.17, 15) is 9.90 Å². The fraction of sp³-hybridized carbons (Fsp3) is 0.526. The quantitative estimate of drug-likeness (QED) is 0.761. The van der Waals surface area contributed by atoms with E-state index in [2.05, 4.69) is 29.1 Å². The number of hydrogen-bond acceptors (Lipinski definition) is 6. The zero-order chi connectivity index (χ0) is 18.0. The summed E-state index contributed by atoms with van der Waals surface area (Å²) in [5.74, 6) is 1.93. The number of ketones is 1. The molecule has 6 heteroatoms. The third kappa shape index (κ3) is 3.90. The Balaban J connectivity index is 1.80. The second kappa shape index (κ2) is 7.62. The molecule has 2 heterocycles. The largest absolute Gasteiger partial charge is 0.389 e. The van der Waals surface area contributed by atoms with Crippen molar-refractivity contribution in [2.45, 2.75) is 52.2 Å². The Hall–Kier alpha value is -1.79. The van der Waals surface area contributed by atoms with E-state index in [4.69, 9.17) is 0 Å². The van der Waals surface area contributed by atoms with Crippen molar-refractivity contribution >= 4 is 22.9 Å². The average Bonchev–Trinajstić information content (AvgIpc) is 3.21. The van der Waals surface area contributed by atoms with E-state index in [0.29, 0.717) is 28.2 Å². The van der Waals surface area contributed by atoms with E-state index in [1.807, 2.05) is 5.38 Å². The zero-order valence-electron chi connectivity index (χ0n) is 14.9. The third-order valence-electron chi connectivity index (χ3n) is 5.20. The SMILES string of the molecule is CC[C@H]1C[C@@H](Nc2ncncc2C(=O)c2cc(C(C)O)cs2)C[C@@H]1C. The van der Waals surface area contributed by atoms with Gasteiger partial charge in [0.2, 0.25) is 5.78 Å². The van der Waals surface area contributed by atoms with Gasteiger partial charge in [-0.3, -0.25) is 4.79 Å². The predicted molar refractivity (Wildman–Crippen MR) is 100 cm³/mol. The maximum atomic E-state index is 12.9. The van der Waals surface area contributed by atoms with Gasteiger partial charge in [-0.15, -0.1) is 11.3 Å². The Labute approximate surface area is 152 Å². The van der Waals surface area contributed by atoms with Crippen LogP contribution in [0.15, 0.2) is 24.0 Å². The van der Waals surface area contributed by atoms with Gasteiger partial charge in [0.05, 0.1) is 16.5 Å². The van der Waals surface area contributed by atoms with E-state index in [1.165, 1.54) is 24.1 Å². The fourth-order valence-corrected chi connectivity index (χ4v) is 4.60. The van der Waals surface area contributed by atoms with E-state index in [-0.39, 0.29) is 5.78 Å². The molecule has 5 nitrogen and oxygen atoms in total. The standard InChI is InChI=1S/C19H25N3O2S/c1-4-13-6-15(5-11(13)2)22-19-16(8-20-10-21-19)18(24)17-7-14(9-25-17)12(3)23/h7-13,15,23H,4-6H2,1-3H3,(H,20,21,22)/t11-,12?,13-,15-/m0/s1. The fourth-order valence-electron chi connectivity index (χ4n) is 3.65. The van der Waals surface area contributed by atoms with Gasteiger partial charge in [0.15, 0.2) is 0 Å². The Kier molecular flexibility index (Phi) is 5.49. The summed E-state index contributed by atoms with van der Waals surface area (Å²) in [5.41, 5.74) is 1.25. The molecule has 2 aromatic heterocycles. The second-order valence-corrected chi connectivity index (χ2v) is 7.90. The van der Waals surface area contributed by atoms with Crippen LogP contribution < -0.4 is 5.32 Å². The molecule has 1 aliphatic carbocycles. The topological polar surface area (TPSA) is 75.1 Å². The summed E-state index contributed by atoms with van der Waals surface area (Å²) in [6.45, 7) is 6.23. The third-order valence-corrected chi connectivity index (χ3v) is 6.14. The van der Waals surface area contributed by atoms with Crippen LogP contribution in [0.4, 0.5) is 5.82 Å². The van der Waals surface area contributed by atoms with Gasteiger partial charge in [-0.25, -0.2) is 9.97 Å². The number of nitrogens with zero attached hydrogens (tertiary/aromatic N) is 2. The maximum absolute atomic E-state index is 12.9. The Morgan fingerprint density at radius 3 is 2.92 bits per heavy atom. The first-order valence-electron chi connectivity index (χ1n) is 8.87. The first-order valence-corrected chi connectivity index (χ1v) is 9.75. The Bertz CT molecular complexity index is 744. The number of thiophene rings is 1. The molecule has 25 heavy (non-hydrogen) atoms. The smallest absolute Gasteiger partial charge is 0.208 e. The highest BCUT2D eigenvalue weighted by molar-refractivity contribution is 7.12. The van der Waals surface area contributed by atoms with Gasteiger partial charge in [0.25, 0.3) is 0 Å². The first-order chi connectivity index (χ1) is 12.0. The van der Waals surface area contributed by atoms with Crippen LogP contribution in [0.25, 0.3) is 0 Å². The van der Waals surface area contributed by atoms with Crippen LogP contribution in [-0.2, 0) is 0 Å². The lowest BCUT2D eigenvalue weighted by molar-refractivity contribution is 0.104. The molecular formula is C19H25N3O2S. The number of aliphatic hydroxyl groups is 1. The minimum Gasteiger partial charge on any atom is -0.389 e. The summed E-state index contributed by atoms with van der Waals surface area (Å²) < 4.78 is 0. The van der Waals surface area contributed by atoms with E-state index >= 15 is 0 Å². The van der Waals surface area contributed by atoms with Crippen LogP contribution in [0.3, 0.4) is 0 Å². The Morgan fingerprint density at radius 2 is 2.28 bits per heavy atom. The molecule has 0 spiro atoms. The summed E-state index contributed by atoms with van der Waals surface area (Å²) in [7, 11) is 0. The highest BCUT2D eigenvalue weighted by Crippen LogP contribution is 2.35. The number of anilines is 1. The molecule has 3 rings (SSSR count). The highest BCUT2D eigenvalue weighted by Gasteiger charge is 2.31. The van der Waals surface area contributed by atoms with Crippen molar-refractivity contribution in [1.29, 1.82) is 0 Å². The number of aliphatic hydroxyl groups excluding tert-OH is 1. The average molecular weight is 359 g/mol. The van der Waals surface area contributed by atoms with Crippen molar-refractivity contribution in [3.8, 4) is 0 Å². The zero-order valence-corrected chi connectivity index (χ0v) is 15.7. The van der Waals surface area contributed by atoms with E-state index in [0.717, 1.165) is 24.3 Å². The van der Waals surface area contributed by atoms with Gasteiger partial charge in [-0.1, -0.05) is 20.3 Å². The molecule has 134 valence electrons. The minimum absolute atomic E-state index is 0.0990. The summed E-state index contributed by atoms with van der Waals surface area (Å²) >= 11 is 1.34. The molecule has 1 unspecified atom stereocenters. The van der Waals surface area contributed by atoms with Gasteiger partial charge in [0.1, 0.15) is 12.1 Å². The number of nitrogens with one attached hydrogen (secondary N) is 1. The molecule has 0 aromatic carbocycles. The molecule has 0 radical (unpaired) electrons. The molecule has 1 fully saturated rings. The van der Waals surface area contributed by atoms with Gasteiger partial charge in [-0.2, -0.15) is 0 Å². The molecule has 1 saturated carbocycles. The number of carbonyl (C=O) groups excluding carboxylic acids is 1. The molecule has 4 atom stereocenters. The number of hydrogen-bond donors (Lipinski definition) is 2. The molecule has 0 amide bonds. The molecule has 2 aromatic rings. The Morgan fingerprint density at radius 1 is 1.48 bits per heavy atom. The number of carbonyl (C=O) groups is 1. The summed E-state index contributed by atoms with van der Waals surface area (Å²) in [6, 6.07) is 2.09. The van der Waals surface area contributed by atoms with Crippen molar-refractivity contribution in [2.75, 3.05) is 5.32 Å². The van der Waals surface area contributed by atoms with Crippen LogP contribution >= 0.6 is 11.3 Å². The molecule has 0 aliphatic heterocycles. The van der Waals surface area contributed by atoms with Crippen LogP contribution in [0.5, 0.6) is 0 Å². The summed E-state index contributed by atoms with van der Waals surface area (Å²) in [4.78, 5) is 21.8. The highest BCUT2D eigenvalue weighted by atomic mass is 32.1. The summed E-state index contributed by atoms with van der Waals surface area (Å²) in [6.07, 6.45) is 5.88. The minimum atomic E-state index is -0.576. The maximum Gasteiger partial charge on any atom is 0.208 e. The lowest BCUT2D eigenvalue weighted by Crippen LogP contribution is -2.19. The summed E-state index contributed by atoms with van der Waals surface area (Å²) in [5, 5.41) is 15.0. The first kappa shape index (κ1) is 18.0. The molecule has 1 aliphatic rings. The second-order valence-electron chi connectivity index (χ2n) is 6.99. The van der Waals surface area contributed by atoms with Crippen molar-refractivity contribution < 1.29 is 9.90 Å². The van der Waals surface area contributed by atoms with Crippen LogP contribution in [0.2, 0.25) is 0 Å². The van der Waals surface area contributed by atoms with Gasteiger partial charge in [0, 0.05) is 12.2 Å². The van der Waals surface area contributed by atoms with E-state index in [1.54, 1.807) is 19.2 Å². The van der Waals surface area contributed by atoms with Crippen molar-refractivity contribution in [3.63, 3.8) is 0 Å². The molecular weight excluding hydrogens is 334 g/mol. The normalized spacial score (nSPS) is 24.2. The molecule has 0 bridgehead atoms. The van der Waals surface area contributed by atoms with E-state index < -0.39 is 6.10 Å². The number of aromatic nitrogens is 2. The molecule has 0 saturated heterocycles. The lowest BCUT2D eigenvalue weighted by atomic mass is 9.96. The molecule has 2 N–H and O–H groups in total. The van der Waals surface area contributed by atoms with Crippen LogP contribution in [-0.4, -0.2) is 26.9 Å². The lowest BCUT2D eigenvalue weighted by Gasteiger charge is -2.15.